The lowest BCUT2D eigenvalue weighted by Gasteiger charge is -2.40. The molecule has 1 aromatic rings. The molecule has 140 valence electrons. The summed E-state index contributed by atoms with van der Waals surface area (Å²) in [6.45, 7) is 21.7. The standard InChI is InChI=1S/C20H35NO2Si2/c1-19(2,3)25(9,10)22-17-14-12-11-13-16(17)20(4,5)18(15-21)23-24(6,7)8/h11-14,18H,1-10H3. The highest BCUT2D eigenvalue weighted by Gasteiger charge is 2.42. The quantitative estimate of drug-likeness (QED) is 0.563. The minimum absolute atomic E-state index is 0.119. The Kier molecular flexibility index (Phi) is 6.37. The summed E-state index contributed by atoms with van der Waals surface area (Å²) in [5.41, 5.74) is 0.596. The molecule has 1 atom stereocenters. The van der Waals surface area contributed by atoms with Gasteiger partial charge in [-0.05, 0) is 43.8 Å². The van der Waals surface area contributed by atoms with E-state index in [-0.39, 0.29) is 5.04 Å². The zero-order valence-electron chi connectivity index (χ0n) is 17.7. The van der Waals surface area contributed by atoms with E-state index in [1.165, 1.54) is 0 Å². The Labute approximate surface area is 156 Å². The van der Waals surface area contributed by atoms with Gasteiger partial charge in [0.25, 0.3) is 0 Å². The van der Waals surface area contributed by atoms with Crippen molar-refractivity contribution in [3.63, 3.8) is 0 Å². The highest BCUT2D eigenvalue weighted by Crippen LogP contribution is 2.42. The molecule has 0 radical (unpaired) electrons. The van der Waals surface area contributed by atoms with Crippen LogP contribution in [0.4, 0.5) is 0 Å². The normalized spacial score (nSPS) is 14.8. The van der Waals surface area contributed by atoms with Crippen molar-refractivity contribution in [1.29, 1.82) is 5.26 Å². The van der Waals surface area contributed by atoms with Crippen LogP contribution in [0.25, 0.3) is 0 Å². The molecule has 0 aliphatic heterocycles. The molecule has 0 saturated heterocycles. The SMILES string of the molecule is CC(C)(c1ccccc1O[Si](C)(C)C(C)(C)C)C(C#N)O[Si](C)(C)C. The first-order chi connectivity index (χ1) is 11.1. The molecule has 1 aromatic carbocycles. The lowest BCUT2D eigenvalue weighted by molar-refractivity contribution is 0.167. The maximum atomic E-state index is 9.75. The first kappa shape index (κ1) is 21.9. The van der Waals surface area contributed by atoms with Gasteiger partial charge in [0.15, 0.2) is 8.32 Å². The third-order valence-corrected chi connectivity index (χ3v) is 10.3. The number of rotatable bonds is 6. The third kappa shape index (κ3) is 5.44. The van der Waals surface area contributed by atoms with E-state index in [0.717, 1.165) is 11.3 Å². The lowest BCUT2D eigenvalue weighted by Crippen LogP contribution is -2.46. The van der Waals surface area contributed by atoms with Crippen molar-refractivity contribution >= 4 is 16.6 Å². The van der Waals surface area contributed by atoms with Crippen LogP contribution < -0.4 is 4.43 Å². The smallest absolute Gasteiger partial charge is 0.250 e. The number of nitrogens with zero attached hydrogens (tertiary/aromatic N) is 1. The first-order valence-corrected chi connectivity index (χ1v) is 15.3. The van der Waals surface area contributed by atoms with Crippen molar-refractivity contribution in [2.75, 3.05) is 0 Å². The maximum absolute atomic E-state index is 9.75. The van der Waals surface area contributed by atoms with Crippen LogP contribution in [-0.4, -0.2) is 22.7 Å². The number of hydrogen-bond donors (Lipinski definition) is 0. The number of nitriles is 1. The Morgan fingerprint density at radius 3 is 1.92 bits per heavy atom. The van der Waals surface area contributed by atoms with Gasteiger partial charge in [0, 0.05) is 11.0 Å². The summed E-state index contributed by atoms with van der Waals surface area (Å²) < 4.78 is 12.8. The number of hydrogen-bond acceptors (Lipinski definition) is 3. The molecule has 25 heavy (non-hydrogen) atoms. The Morgan fingerprint density at radius 2 is 1.48 bits per heavy atom. The molecule has 0 bridgehead atoms. The molecular weight excluding hydrogens is 342 g/mol. The van der Waals surface area contributed by atoms with Crippen LogP contribution in [0.3, 0.4) is 0 Å². The fourth-order valence-electron chi connectivity index (χ4n) is 2.35. The fraction of sp³-hybridized carbons (Fsp3) is 0.650. The van der Waals surface area contributed by atoms with Crippen molar-refractivity contribution in [2.45, 2.75) is 83.9 Å². The van der Waals surface area contributed by atoms with Crippen LogP contribution in [0.15, 0.2) is 24.3 Å². The monoisotopic (exact) mass is 377 g/mol. The van der Waals surface area contributed by atoms with Gasteiger partial charge in [-0.15, -0.1) is 0 Å². The zero-order chi connectivity index (χ0) is 19.7. The van der Waals surface area contributed by atoms with Crippen molar-refractivity contribution in [3.8, 4) is 11.8 Å². The molecule has 0 N–H and O–H groups in total. The van der Waals surface area contributed by atoms with E-state index < -0.39 is 28.2 Å². The zero-order valence-corrected chi connectivity index (χ0v) is 19.7. The second-order valence-electron chi connectivity index (χ2n) is 9.82. The topological polar surface area (TPSA) is 42.2 Å². The molecule has 0 aliphatic rings. The summed E-state index contributed by atoms with van der Waals surface area (Å²) in [6.07, 6.45) is -0.497. The van der Waals surface area contributed by atoms with E-state index in [9.17, 15) is 5.26 Å². The highest BCUT2D eigenvalue weighted by atomic mass is 28.4. The van der Waals surface area contributed by atoms with E-state index in [1.807, 2.05) is 18.2 Å². The van der Waals surface area contributed by atoms with Gasteiger partial charge in [-0.2, -0.15) is 5.26 Å². The van der Waals surface area contributed by atoms with Gasteiger partial charge in [-0.3, -0.25) is 0 Å². The molecule has 1 unspecified atom stereocenters. The summed E-state index contributed by atoms with van der Waals surface area (Å²) in [6, 6.07) is 10.5. The minimum atomic E-state index is -1.96. The Morgan fingerprint density at radius 1 is 0.960 bits per heavy atom. The summed E-state index contributed by atoms with van der Waals surface area (Å²) in [7, 11) is -3.80. The molecular formula is C20H35NO2Si2. The van der Waals surface area contributed by atoms with Gasteiger partial charge in [0.05, 0.1) is 6.07 Å². The van der Waals surface area contributed by atoms with Crippen LogP contribution in [0, 0.1) is 11.3 Å². The van der Waals surface area contributed by atoms with E-state index >= 15 is 0 Å². The van der Waals surface area contributed by atoms with Crippen LogP contribution in [0.5, 0.6) is 5.75 Å². The Bertz CT molecular complexity index is 634. The summed E-state index contributed by atoms with van der Waals surface area (Å²) in [5, 5.41) is 9.87. The molecule has 0 heterocycles. The largest absolute Gasteiger partial charge is 0.543 e. The van der Waals surface area contributed by atoms with Gasteiger partial charge in [0.1, 0.15) is 11.9 Å². The van der Waals surface area contributed by atoms with Gasteiger partial charge >= 0.3 is 0 Å². The maximum Gasteiger partial charge on any atom is 0.250 e. The van der Waals surface area contributed by atoms with Crippen molar-refractivity contribution < 1.29 is 8.85 Å². The van der Waals surface area contributed by atoms with Crippen LogP contribution in [0.2, 0.25) is 37.8 Å². The van der Waals surface area contributed by atoms with Crippen molar-refractivity contribution in [2.24, 2.45) is 0 Å². The minimum Gasteiger partial charge on any atom is -0.543 e. The van der Waals surface area contributed by atoms with Gasteiger partial charge in [-0.1, -0.05) is 52.8 Å². The van der Waals surface area contributed by atoms with Gasteiger partial charge in [-0.25, -0.2) is 0 Å². The lowest BCUT2D eigenvalue weighted by atomic mass is 9.79. The highest BCUT2D eigenvalue weighted by molar-refractivity contribution is 6.74. The third-order valence-electron chi connectivity index (χ3n) is 5.00. The predicted octanol–water partition coefficient (Wildman–Crippen LogP) is 6.09. The second-order valence-corrected chi connectivity index (χ2v) is 19.0. The number of benzene rings is 1. The second kappa shape index (κ2) is 7.26. The molecule has 0 saturated carbocycles. The van der Waals surface area contributed by atoms with E-state index in [4.69, 9.17) is 8.85 Å². The summed E-state index contributed by atoms with van der Waals surface area (Å²) in [4.78, 5) is 0. The summed E-state index contributed by atoms with van der Waals surface area (Å²) in [5.74, 6) is 0.888. The average Bonchev–Trinajstić information content (AvgIpc) is 2.42. The molecule has 0 aliphatic carbocycles. The van der Waals surface area contributed by atoms with Gasteiger partial charge < -0.3 is 8.85 Å². The molecule has 0 amide bonds. The molecule has 5 heteroatoms. The fourth-order valence-corrected chi connectivity index (χ4v) is 4.43. The van der Waals surface area contributed by atoms with Crippen LogP contribution in [0.1, 0.15) is 40.2 Å². The average molecular weight is 378 g/mol. The predicted molar refractivity (Wildman–Crippen MR) is 111 cm³/mol. The van der Waals surface area contributed by atoms with Crippen LogP contribution in [-0.2, 0) is 9.84 Å². The van der Waals surface area contributed by atoms with Crippen molar-refractivity contribution in [1.82, 2.24) is 0 Å². The number of para-hydroxylation sites is 1. The van der Waals surface area contributed by atoms with Crippen LogP contribution >= 0.6 is 0 Å². The Hall–Kier alpha value is -1.10. The molecule has 0 spiro atoms. The molecule has 1 rings (SSSR count). The molecule has 0 fully saturated rings. The van der Waals surface area contributed by atoms with Crippen molar-refractivity contribution in [3.05, 3.63) is 29.8 Å². The van der Waals surface area contributed by atoms with E-state index in [1.54, 1.807) is 0 Å². The first-order valence-electron chi connectivity index (χ1n) is 8.98. The van der Waals surface area contributed by atoms with E-state index in [2.05, 4.69) is 79.5 Å². The summed E-state index contributed by atoms with van der Waals surface area (Å²) >= 11 is 0. The molecule has 0 aromatic heterocycles. The molecule has 3 nitrogen and oxygen atoms in total. The Balaban J connectivity index is 3.32. The van der Waals surface area contributed by atoms with E-state index in [0.29, 0.717) is 0 Å². The van der Waals surface area contributed by atoms with Gasteiger partial charge in [0.2, 0.25) is 8.32 Å².